The van der Waals surface area contributed by atoms with Gasteiger partial charge < -0.3 is 16.1 Å². The molecule has 0 rings (SSSR count). The molecule has 7 heteroatoms. The van der Waals surface area contributed by atoms with Crippen molar-refractivity contribution in [1.82, 2.24) is 0 Å². The van der Waals surface area contributed by atoms with Crippen LogP contribution < -0.4 is 29.6 Å². The van der Waals surface area contributed by atoms with E-state index in [0.717, 1.165) is 0 Å². The Morgan fingerprint density at radius 3 is 1.29 bits per heavy atom. The second kappa shape index (κ2) is 5.18. The van der Waals surface area contributed by atoms with E-state index >= 15 is 0 Å². The molecule has 0 unspecified atom stereocenters. The molecule has 0 aromatic rings. The molecule has 0 aliphatic carbocycles. The minimum Gasteiger partial charge on any atom is -1.00 e. The van der Waals surface area contributed by atoms with Crippen molar-refractivity contribution < 1.29 is 54.9 Å². The quantitative estimate of drug-likeness (QED) is 0.240. The van der Waals surface area contributed by atoms with Crippen molar-refractivity contribution in [1.29, 1.82) is 0 Å². The summed E-state index contributed by atoms with van der Waals surface area (Å²) in [6.45, 7) is 0. The van der Waals surface area contributed by atoms with Crippen LogP contribution in [0.1, 0.15) is 1.43 Å². The number of rotatable bonds is 0. The third kappa shape index (κ3) is 165. The van der Waals surface area contributed by atoms with Gasteiger partial charge in [0.15, 0.2) is 0 Å². The van der Waals surface area contributed by atoms with Crippen LogP contribution in [-0.4, -0.2) is 14.7 Å². The molecule has 0 fully saturated rings. The first-order valence-electron chi connectivity index (χ1n) is 0.783. The van der Waals surface area contributed by atoms with Gasteiger partial charge in [-0.3, -0.25) is 4.70 Å². The van der Waals surface area contributed by atoms with Gasteiger partial charge >= 0.3 is 37.4 Å². The van der Waals surface area contributed by atoms with E-state index < -0.39 is 7.82 Å². The number of phosphoric acid groups is 1. The van der Waals surface area contributed by atoms with Crippen LogP contribution in [0.15, 0.2) is 0 Å². The fraction of sp³-hybridized carbons (Fsp3) is 0. The summed E-state index contributed by atoms with van der Waals surface area (Å²) in [6.07, 6.45) is 0. The number of hydrogen-bond donors (Lipinski definition) is 3. The zero-order valence-corrected chi connectivity index (χ0v) is 6.50. The Morgan fingerprint density at radius 1 is 1.29 bits per heavy atom. The van der Waals surface area contributed by atoms with E-state index in [9.17, 15) is 0 Å². The minimum atomic E-state index is -4.64. The van der Waals surface area contributed by atoms with Crippen molar-refractivity contribution in [3.05, 3.63) is 0 Å². The van der Waals surface area contributed by atoms with Crippen molar-refractivity contribution in [2.24, 2.45) is 0 Å². The van der Waals surface area contributed by atoms with Crippen molar-refractivity contribution in [3.63, 3.8) is 0 Å². The Bertz CT molecular complexity index is 62.2. The fourth-order valence-electron chi connectivity index (χ4n) is 0. The molecule has 3 N–H and O–H groups in total. The second-order valence-corrected chi connectivity index (χ2v) is 1.54. The van der Waals surface area contributed by atoms with Gasteiger partial charge in [0.25, 0.3) is 0 Å². The van der Waals surface area contributed by atoms with Crippen molar-refractivity contribution in [3.8, 4) is 0 Å². The molecule has 0 saturated carbocycles. The predicted octanol–water partition coefficient (Wildman–Crippen LogP) is -3.66. The van der Waals surface area contributed by atoms with Crippen LogP contribution in [0, 0.1) is 0 Å². The van der Waals surface area contributed by atoms with Crippen LogP contribution in [0.25, 0.3) is 0 Å². The maximum Gasteiger partial charge on any atom is 1.00 e. The molecule has 0 spiro atoms. The molecule has 4 nitrogen and oxygen atoms in total. The van der Waals surface area contributed by atoms with Crippen LogP contribution in [0.3, 0.4) is 0 Å². The number of hydrogen-bond acceptors (Lipinski definition) is 1. The van der Waals surface area contributed by atoms with E-state index in [0.29, 0.717) is 0 Å². The summed E-state index contributed by atoms with van der Waals surface area (Å²) in [5.74, 6) is 0. The fourth-order valence-corrected chi connectivity index (χ4v) is 0. The number of halogens is 1. The van der Waals surface area contributed by atoms with Crippen LogP contribution in [0.5, 0.6) is 0 Å². The van der Waals surface area contributed by atoms with Crippen LogP contribution in [0.2, 0.25) is 0 Å². The van der Waals surface area contributed by atoms with Crippen molar-refractivity contribution >= 4 is 7.82 Å². The molecule has 0 saturated heterocycles. The molecule has 7 heavy (non-hydrogen) atoms. The predicted molar refractivity (Wildman–Crippen MR) is 17.9 cm³/mol. The second-order valence-electron chi connectivity index (χ2n) is 0.513. The Kier molecular flexibility index (Phi) is 11.6. The molecule has 0 aromatic heterocycles. The first kappa shape index (κ1) is 15.7. The summed E-state index contributed by atoms with van der Waals surface area (Å²) in [7, 11) is -4.64. The molecule has 0 aliphatic rings. The Labute approximate surface area is 62.9 Å². The van der Waals surface area contributed by atoms with Gasteiger partial charge in [-0.2, -0.15) is 0 Å². The molecule has 0 heterocycles. The summed E-state index contributed by atoms with van der Waals surface area (Å²) in [4.78, 5) is 21.6. The monoisotopic (exact) mass is 142 g/mol. The summed E-state index contributed by atoms with van der Waals surface area (Å²) in [5.41, 5.74) is 0. The van der Waals surface area contributed by atoms with Gasteiger partial charge in [0.05, 0.1) is 0 Å². The SMILES string of the molecule is F.O=P(O)(O)O.[H-].[Na+]. The Balaban J connectivity index is -0.0000000267. The van der Waals surface area contributed by atoms with E-state index in [1.165, 1.54) is 0 Å². The zero-order valence-electron chi connectivity index (χ0n) is 4.61. The van der Waals surface area contributed by atoms with Crippen LogP contribution in [-0.2, 0) is 4.57 Å². The van der Waals surface area contributed by atoms with Gasteiger partial charge in [0, 0.05) is 0 Å². The molecule has 0 amide bonds. The first-order chi connectivity index (χ1) is 2.00. The van der Waals surface area contributed by atoms with Crippen LogP contribution >= 0.6 is 7.82 Å². The van der Waals surface area contributed by atoms with E-state index in [1.54, 1.807) is 0 Å². The smallest absolute Gasteiger partial charge is 1.00 e. The third-order valence-electron chi connectivity index (χ3n) is 0. The summed E-state index contributed by atoms with van der Waals surface area (Å²) < 4.78 is 8.88. The van der Waals surface area contributed by atoms with Crippen LogP contribution in [0.4, 0.5) is 4.70 Å². The van der Waals surface area contributed by atoms with Gasteiger partial charge in [-0.15, -0.1) is 0 Å². The summed E-state index contributed by atoms with van der Waals surface area (Å²) in [5, 5.41) is 0. The normalized spacial score (nSPS) is 8.43. The van der Waals surface area contributed by atoms with E-state index in [-0.39, 0.29) is 35.7 Å². The Morgan fingerprint density at radius 2 is 1.29 bits per heavy atom. The van der Waals surface area contributed by atoms with Crippen molar-refractivity contribution in [2.75, 3.05) is 0 Å². The maximum atomic E-state index is 8.88. The van der Waals surface area contributed by atoms with E-state index in [2.05, 4.69) is 0 Å². The molecule has 0 aliphatic heterocycles. The molecular formula is H5FNaO4P. The standard InChI is InChI=1S/FH.Na.H3O4P.H/c;;1-5(2,3)4;/h1H;;(H3,1,2,3,4);/q;+1;;-1. The Hall–Kier alpha value is 1.04. The van der Waals surface area contributed by atoms with Gasteiger partial charge in [-0.1, -0.05) is 0 Å². The largest absolute Gasteiger partial charge is 1.00 e. The topological polar surface area (TPSA) is 77.8 Å². The molecule has 0 aromatic carbocycles. The molecule has 0 radical (unpaired) electrons. The average molecular weight is 142 g/mol. The van der Waals surface area contributed by atoms with Gasteiger partial charge in [0.1, 0.15) is 0 Å². The summed E-state index contributed by atoms with van der Waals surface area (Å²) >= 11 is 0. The van der Waals surface area contributed by atoms with Gasteiger partial charge in [-0.25, -0.2) is 4.57 Å². The molecule has 42 valence electrons. The van der Waals surface area contributed by atoms with Crippen molar-refractivity contribution in [2.45, 2.75) is 0 Å². The maximum absolute atomic E-state index is 8.88. The van der Waals surface area contributed by atoms with E-state index in [4.69, 9.17) is 19.2 Å². The molecular weight excluding hydrogens is 137 g/mol. The van der Waals surface area contributed by atoms with E-state index in [1.807, 2.05) is 0 Å². The average Bonchev–Trinajstić information content (AvgIpc) is 0.722. The first-order valence-corrected chi connectivity index (χ1v) is 2.35. The molecule has 0 bridgehead atoms. The van der Waals surface area contributed by atoms with Gasteiger partial charge in [-0.05, 0) is 0 Å². The molecule has 0 atom stereocenters. The third-order valence-corrected chi connectivity index (χ3v) is 0. The summed E-state index contributed by atoms with van der Waals surface area (Å²) in [6, 6.07) is 0. The van der Waals surface area contributed by atoms with Gasteiger partial charge in [0.2, 0.25) is 0 Å². The zero-order chi connectivity index (χ0) is 4.50. The minimum absolute atomic E-state index is 0.